The lowest BCUT2D eigenvalue weighted by Crippen LogP contribution is -2.50. The second-order valence-electron chi connectivity index (χ2n) is 10.4. The maximum absolute atomic E-state index is 15.7. The number of nitrogens with zero attached hydrogens (tertiary/aromatic N) is 1. The molecule has 3 aliphatic heterocycles. The molecule has 2 saturated heterocycles. The molecule has 7 nitrogen and oxygen atoms in total. The molecule has 2 N–H and O–H groups in total. The molecule has 1 aliphatic carbocycles. The maximum Gasteiger partial charge on any atom is 0.255 e. The highest BCUT2D eigenvalue weighted by atomic mass is 19.1. The van der Waals surface area contributed by atoms with Gasteiger partial charge in [-0.05, 0) is 63.0 Å². The Morgan fingerprint density at radius 1 is 1.20 bits per heavy atom. The molecular weight excluding hydrogens is 449 g/mol. The van der Waals surface area contributed by atoms with Gasteiger partial charge in [0.15, 0.2) is 0 Å². The van der Waals surface area contributed by atoms with E-state index in [0.717, 1.165) is 38.5 Å². The number of hydrogen-bond acceptors (Lipinski definition) is 5. The number of fused-ring (bicyclic) bond motifs is 1. The lowest BCUT2D eigenvalue weighted by Gasteiger charge is -2.37. The summed E-state index contributed by atoms with van der Waals surface area (Å²) in [6, 6.07) is 3.46. The van der Waals surface area contributed by atoms with Crippen molar-refractivity contribution in [3.63, 3.8) is 0 Å². The average molecular weight is 486 g/mol. The van der Waals surface area contributed by atoms with E-state index in [4.69, 9.17) is 9.47 Å². The largest absolute Gasteiger partial charge is 0.381 e. The van der Waals surface area contributed by atoms with Gasteiger partial charge in [0.1, 0.15) is 11.9 Å². The second-order valence-corrected chi connectivity index (χ2v) is 10.4. The third-order valence-corrected chi connectivity index (χ3v) is 8.16. The molecular formula is C27H36FN3O4. The molecule has 5 rings (SSSR count). The van der Waals surface area contributed by atoms with Crippen molar-refractivity contribution in [3.05, 3.63) is 46.9 Å². The summed E-state index contributed by atoms with van der Waals surface area (Å²) in [6.07, 6.45) is 8.11. The quantitative estimate of drug-likeness (QED) is 0.647. The van der Waals surface area contributed by atoms with Crippen molar-refractivity contribution in [2.75, 3.05) is 13.7 Å². The van der Waals surface area contributed by atoms with Gasteiger partial charge in [0.25, 0.3) is 5.91 Å². The van der Waals surface area contributed by atoms with E-state index in [1.165, 1.54) is 4.90 Å². The summed E-state index contributed by atoms with van der Waals surface area (Å²) >= 11 is 0. The zero-order valence-electron chi connectivity index (χ0n) is 20.5. The molecule has 8 heteroatoms. The van der Waals surface area contributed by atoms with Crippen molar-refractivity contribution in [3.8, 4) is 0 Å². The first kappa shape index (κ1) is 24.4. The van der Waals surface area contributed by atoms with Gasteiger partial charge in [-0.3, -0.25) is 9.59 Å². The van der Waals surface area contributed by atoms with E-state index >= 15 is 4.39 Å². The molecule has 4 aliphatic rings. The van der Waals surface area contributed by atoms with Gasteiger partial charge in [-0.15, -0.1) is 0 Å². The van der Waals surface area contributed by atoms with Gasteiger partial charge < -0.3 is 25.0 Å². The summed E-state index contributed by atoms with van der Waals surface area (Å²) in [5.74, 6) is -0.863. The monoisotopic (exact) mass is 485 g/mol. The van der Waals surface area contributed by atoms with Crippen LogP contribution in [0.1, 0.15) is 72.9 Å². The summed E-state index contributed by atoms with van der Waals surface area (Å²) in [5.41, 5.74) is 1.98. The molecule has 1 aromatic rings. The highest BCUT2D eigenvalue weighted by Crippen LogP contribution is 2.33. The third kappa shape index (κ3) is 5.01. The van der Waals surface area contributed by atoms with Crippen LogP contribution in [-0.4, -0.2) is 60.8 Å². The number of allylic oxidation sites excluding steroid dienone is 1. The zero-order chi connectivity index (χ0) is 24.5. The Balaban J connectivity index is 1.27. The minimum absolute atomic E-state index is 0.111. The van der Waals surface area contributed by atoms with Crippen LogP contribution in [0.5, 0.6) is 0 Å². The van der Waals surface area contributed by atoms with E-state index in [9.17, 15) is 9.59 Å². The number of piperidine rings is 1. The number of methoxy groups -OCH3 is 1. The SMILES string of the molecule is C=C1CCC(N2Cc3c(ccc(C[C@H]4OCCC[C@@H]4NC4CCC(OC)CC4)c3F)C2=O)C(=O)N1. The molecule has 3 atom stereocenters. The Hall–Kier alpha value is -2.29. The van der Waals surface area contributed by atoms with Crippen molar-refractivity contribution in [2.45, 2.75) is 94.7 Å². The fourth-order valence-corrected chi connectivity index (χ4v) is 6.11. The Morgan fingerprint density at radius 3 is 2.74 bits per heavy atom. The lowest BCUT2D eigenvalue weighted by molar-refractivity contribution is -0.126. The Kier molecular flexibility index (Phi) is 7.23. The van der Waals surface area contributed by atoms with Gasteiger partial charge in [-0.25, -0.2) is 4.39 Å². The number of nitrogens with one attached hydrogen (secondary N) is 2. The smallest absolute Gasteiger partial charge is 0.255 e. The normalized spacial score (nSPS) is 31.4. The molecule has 3 fully saturated rings. The number of hydrogen-bond donors (Lipinski definition) is 2. The van der Waals surface area contributed by atoms with Crippen molar-refractivity contribution in [1.29, 1.82) is 0 Å². The number of carbonyl (C=O) groups is 2. The molecule has 0 radical (unpaired) electrons. The van der Waals surface area contributed by atoms with Crippen molar-refractivity contribution in [1.82, 2.24) is 15.5 Å². The number of benzene rings is 1. The number of halogens is 1. The van der Waals surface area contributed by atoms with Gasteiger partial charge in [0.2, 0.25) is 5.91 Å². The first-order chi connectivity index (χ1) is 16.9. The molecule has 190 valence electrons. The molecule has 1 saturated carbocycles. The van der Waals surface area contributed by atoms with E-state index in [0.29, 0.717) is 60.4 Å². The molecule has 1 aromatic carbocycles. The molecule has 2 amide bonds. The van der Waals surface area contributed by atoms with Gasteiger partial charge in [0.05, 0.1) is 18.8 Å². The predicted molar refractivity (Wildman–Crippen MR) is 129 cm³/mol. The molecule has 0 aromatic heterocycles. The maximum atomic E-state index is 15.7. The van der Waals surface area contributed by atoms with E-state index in [2.05, 4.69) is 17.2 Å². The standard InChI is InChI=1S/C27H36FN3O4/c1-16-5-12-23(26(32)29-16)31-15-21-20(27(31)33)11-6-17(25(21)28)14-24-22(4-3-13-35-24)30-18-7-9-19(34-2)10-8-18/h6,11,18-19,22-24,30H,1,3-5,7-10,12-15H2,2H3,(H,29,32)/t18?,19?,22-,23?,24+/m0/s1. The highest BCUT2D eigenvalue weighted by Gasteiger charge is 2.40. The minimum atomic E-state index is -0.591. The van der Waals surface area contributed by atoms with Crippen LogP contribution in [-0.2, 0) is 27.2 Å². The summed E-state index contributed by atoms with van der Waals surface area (Å²) < 4.78 is 27.3. The van der Waals surface area contributed by atoms with E-state index in [1.807, 2.05) is 0 Å². The van der Waals surface area contributed by atoms with E-state index < -0.39 is 6.04 Å². The second kappa shape index (κ2) is 10.4. The van der Waals surface area contributed by atoms with Crippen LogP contribution in [0.2, 0.25) is 0 Å². The summed E-state index contributed by atoms with van der Waals surface area (Å²) in [7, 11) is 1.78. The number of amides is 2. The van der Waals surface area contributed by atoms with Gasteiger partial charge >= 0.3 is 0 Å². The lowest BCUT2D eigenvalue weighted by atomic mass is 9.89. The van der Waals surface area contributed by atoms with Crippen LogP contribution in [0.4, 0.5) is 4.39 Å². The van der Waals surface area contributed by atoms with Crippen LogP contribution in [0.15, 0.2) is 24.4 Å². The Bertz CT molecular complexity index is 991. The first-order valence-corrected chi connectivity index (χ1v) is 12.9. The first-order valence-electron chi connectivity index (χ1n) is 12.9. The minimum Gasteiger partial charge on any atom is -0.381 e. The topological polar surface area (TPSA) is 79.9 Å². The fraction of sp³-hybridized carbons (Fsp3) is 0.630. The average Bonchev–Trinajstić information content (AvgIpc) is 3.19. The molecule has 1 unspecified atom stereocenters. The summed E-state index contributed by atoms with van der Waals surface area (Å²) in [4.78, 5) is 27.0. The van der Waals surface area contributed by atoms with Crippen LogP contribution < -0.4 is 10.6 Å². The van der Waals surface area contributed by atoms with Crippen LogP contribution in [0.25, 0.3) is 0 Å². The Morgan fingerprint density at radius 2 is 2.00 bits per heavy atom. The summed E-state index contributed by atoms with van der Waals surface area (Å²) in [6.45, 7) is 4.60. The van der Waals surface area contributed by atoms with Crippen LogP contribution in [0, 0.1) is 5.82 Å². The highest BCUT2D eigenvalue weighted by molar-refractivity contribution is 6.01. The third-order valence-electron chi connectivity index (χ3n) is 8.16. The van der Waals surface area contributed by atoms with Crippen molar-refractivity contribution in [2.24, 2.45) is 0 Å². The fourth-order valence-electron chi connectivity index (χ4n) is 6.11. The molecule has 0 spiro atoms. The van der Waals surface area contributed by atoms with Gasteiger partial charge in [0, 0.05) is 49.0 Å². The molecule has 0 bridgehead atoms. The zero-order valence-corrected chi connectivity index (χ0v) is 20.5. The Labute approximate surface area is 206 Å². The number of ether oxygens (including phenoxy) is 2. The molecule has 35 heavy (non-hydrogen) atoms. The number of rotatable bonds is 6. The van der Waals surface area contributed by atoms with E-state index in [-0.39, 0.29) is 36.3 Å². The van der Waals surface area contributed by atoms with E-state index in [1.54, 1.807) is 19.2 Å². The van der Waals surface area contributed by atoms with Crippen molar-refractivity contribution < 1.29 is 23.5 Å². The molecule has 3 heterocycles. The predicted octanol–water partition coefficient (Wildman–Crippen LogP) is 3.21. The van der Waals surface area contributed by atoms with Crippen LogP contribution >= 0.6 is 0 Å². The van der Waals surface area contributed by atoms with Gasteiger partial charge in [-0.2, -0.15) is 0 Å². The van der Waals surface area contributed by atoms with Gasteiger partial charge in [-0.1, -0.05) is 12.6 Å². The summed E-state index contributed by atoms with van der Waals surface area (Å²) in [5, 5.41) is 6.52. The van der Waals surface area contributed by atoms with Crippen molar-refractivity contribution >= 4 is 11.8 Å². The number of carbonyl (C=O) groups excluding carboxylic acids is 2. The van der Waals surface area contributed by atoms with Crippen LogP contribution in [0.3, 0.4) is 0 Å².